The Morgan fingerprint density at radius 2 is 1.80 bits per heavy atom. The monoisotopic (exact) mass is 562 g/mol. The normalized spacial score (nSPS) is 14.3. The number of rotatable bonds is 9. The summed E-state index contributed by atoms with van der Waals surface area (Å²) in [6.45, 7) is 0.790. The van der Waals surface area contributed by atoms with Crippen molar-refractivity contribution in [2.75, 3.05) is 38.8 Å². The summed E-state index contributed by atoms with van der Waals surface area (Å²) in [4.78, 5) is 10.5. The third-order valence-corrected chi connectivity index (χ3v) is 8.22. The quantitative estimate of drug-likeness (QED) is 0.184. The fourth-order valence-corrected chi connectivity index (χ4v) is 5.76. The number of hydrogen-bond donors (Lipinski definition) is 1. The van der Waals surface area contributed by atoms with Crippen LogP contribution in [0.25, 0.3) is 16.9 Å². The van der Waals surface area contributed by atoms with Crippen LogP contribution in [-0.4, -0.2) is 67.1 Å². The van der Waals surface area contributed by atoms with Crippen LogP contribution in [0.2, 0.25) is 0 Å². The number of nitrogens with one attached hydrogen (secondary N) is 1. The molecule has 0 bridgehead atoms. The van der Waals surface area contributed by atoms with E-state index in [0.29, 0.717) is 17.0 Å². The molecule has 0 atom stereocenters. The Kier molecular flexibility index (Phi) is 7.86. The molecule has 1 aliphatic heterocycles. The number of sulfonamides is 1. The summed E-state index contributed by atoms with van der Waals surface area (Å²) in [5, 5.41) is 20.5. The van der Waals surface area contributed by atoms with Crippen LogP contribution in [0.4, 0.5) is 11.4 Å². The molecule has 0 aliphatic carbocycles. The average Bonchev–Trinajstić information content (AvgIpc) is 3.42. The minimum absolute atomic E-state index is 0.106. The predicted octanol–water partition coefficient (Wildman–Crippen LogP) is 3.92. The summed E-state index contributed by atoms with van der Waals surface area (Å²) in [5.74, 6) is 0.704. The highest BCUT2D eigenvalue weighted by Gasteiger charge is 2.30. The number of aromatic nitrogens is 2. The Labute approximate surface area is 230 Å². The largest absolute Gasteiger partial charge is 0.497 e. The third kappa shape index (κ3) is 5.71. The Morgan fingerprint density at radius 3 is 2.48 bits per heavy atom. The Morgan fingerprint density at radius 1 is 1.07 bits per heavy atom. The molecule has 0 radical (unpaired) electrons. The Bertz CT molecular complexity index is 1630. The van der Waals surface area contributed by atoms with Crippen molar-refractivity contribution in [3.05, 3.63) is 94.7 Å². The number of anilines is 1. The van der Waals surface area contributed by atoms with E-state index in [0.717, 1.165) is 17.3 Å². The van der Waals surface area contributed by atoms with Crippen molar-refractivity contribution in [1.29, 1.82) is 0 Å². The summed E-state index contributed by atoms with van der Waals surface area (Å²) in [6.07, 6.45) is 3.33. The molecule has 40 heavy (non-hydrogen) atoms. The Hall–Kier alpha value is -4.59. The van der Waals surface area contributed by atoms with E-state index in [-0.39, 0.29) is 42.6 Å². The third-order valence-electron chi connectivity index (χ3n) is 6.28. The molecule has 12 nitrogen and oxygen atoms in total. The van der Waals surface area contributed by atoms with Crippen LogP contribution in [0.5, 0.6) is 5.75 Å². The zero-order chi connectivity index (χ0) is 28.1. The van der Waals surface area contributed by atoms with Gasteiger partial charge < -0.3 is 9.47 Å². The predicted molar refractivity (Wildman–Crippen MR) is 149 cm³/mol. The lowest BCUT2D eigenvalue weighted by molar-refractivity contribution is -0.385. The molecular weight excluding hydrogens is 536 g/mol. The minimum Gasteiger partial charge on any atom is -0.497 e. The molecule has 5 rings (SSSR count). The summed E-state index contributed by atoms with van der Waals surface area (Å²) >= 11 is 0. The molecule has 1 N–H and O–H groups in total. The second-order valence-electron chi connectivity index (χ2n) is 8.77. The molecule has 1 saturated heterocycles. The summed E-state index contributed by atoms with van der Waals surface area (Å²) in [6, 6.07) is 20.6. The smallest absolute Gasteiger partial charge is 0.270 e. The van der Waals surface area contributed by atoms with Gasteiger partial charge in [-0.1, -0.05) is 18.2 Å². The number of nitrogens with zero attached hydrogens (tertiary/aromatic N) is 5. The molecule has 1 fully saturated rings. The first-order valence-corrected chi connectivity index (χ1v) is 13.8. The van der Waals surface area contributed by atoms with Crippen molar-refractivity contribution < 1.29 is 22.8 Å². The molecule has 0 saturated carbocycles. The van der Waals surface area contributed by atoms with Gasteiger partial charge in [0.1, 0.15) is 16.3 Å². The van der Waals surface area contributed by atoms with Gasteiger partial charge in [-0.3, -0.25) is 15.5 Å². The molecule has 1 aliphatic rings. The topological polar surface area (TPSA) is 141 Å². The number of nitro benzene ring substituents is 1. The van der Waals surface area contributed by atoms with Gasteiger partial charge in [-0.2, -0.15) is 14.5 Å². The standard InChI is InChI=1S/C27H26N6O6S/c1-38-24-10-7-20(8-11-24)27-21(19-32(30-27)22-5-3-2-4-6-22)18-28-29-25-12-9-23(33(34)35)17-26(25)40(36,37)31-13-15-39-16-14-31/h2-12,17-19,29H,13-16H2,1H3. The lowest BCUT2D eigenvalue weighted by Gasteiger charge is -2.26. The number of para-hydroxylation sites is 1. The summed E-state index contributed by atoms with van der Waals surface area (Å²) in [7, 11) is -2.46. The number of methoxy groups -OCH3 is 1. The van der Waals surface area contributed by atoms with Crippen LogP contribution in [0.3, 0.4) is 0 Å². The zero-order valence-electron chi connectivity index (χ0n) is 21.5. The molecule has 4 aromatic rings. The van der Waals surface area contributed by atoms with E-state index in [1.165, 1.54) is 22.7 Å². The number of ether oxygens (including phenoxy) is 2. The van der Waals surface area contributed by atoms with Crippen LogP contribution in [0, 0.1) is 10.1 Å². The molecule has 0 spiro atoms. The number of hydrogen-bond acceptors (Lipinski definition) is 9. The minimum atomic E-state index is -4.05. The van der Waals surface area contributed by atoms with Gasteiger partial charge >= 0.3 is 0 Å². The van der Waals surface area contributed by atoms with Crippen LogP contribution < -0.4 is 10.2 Å². The second kappa shape index (κ2) is 11.7. The highest BCUT2D eigenvalue weighted by molar-refractivity contribution is 7.89. The number of non-ortho nitro benzene ring substituents is 1. The van der Waals surface area contributed by atoms with E-state index in [1.807, 2.05) is 54.6 Å². The maximum atomic E-state index is 13.4. The number of nitro groups is 1. The van der Waals surface area contributed by atoms with E-state index in [1.54, 1.807) is 18.0 Å². The molecule has 0 unspecified atom stereocenters. The fraction of sp³-hybridized carbons (Fsp3) is 0.185. The van der Waals surface area contributed by atoms with Gasteiger partial charge in [-0.05, 0) is 42.5 Å². The van der Waals surface area contributed by atoms with Crippen LogP contribution in [0.15, 0.2) is 89.0 Å². The number of benzene rings is 3. The van der Waals surface area contributed by atoms with E-state index in [2.05, 4.69) is 10.5 Å². The highest BCUT2D eigenvalue weighted by Crippen LogP contribution is 2.30. The van der Waals surface area contributed by atoms with E-state index in [9.17, 15) is 18.5 Å². The van der Waals surface area contributed by atoms with E-state index < -0.39 is 14.9 Å². The maximum Gasteiger partial charge on any atom is 0.270 e. The first-order valence-electron chi connectivity index (χ1n) is 12.3. The van der Waals surface area contributed by atoms with Gasteiger partial charge in [0.2, 0.25) is 10.0 Å². The van der Waals surface area contributed by atoms with Gasteiger partial charge in [0.15, 0.2) is 0 Å². The van der Waals surface area contributed by atoms with Crippen LogP contribution in [0.1, 0.15) is 5.56 Å². The average molecular weight is 563 g/mol. The van der Waals surface area contributed by atoms with Crippen molar-refractivity contribution in [3.63, 3.8) is 0 Å². The molecule has 0 amide bonds. The fourth-order valence-electron chi connectivity index (χ4n) is 4.20. The van der Waals surface area contributed by atoms with Gasteiger partial charge in [-0.15, -0.1) is 0 Å². The van der Waals surface area contributed by atoms with Gasteiger partial charge in [-0.25, -0.2) is 13.1 Å². The zero-order valence-corrected chi connectivity index (χ0v) is 22.3. The summed E-state index contributed by atoms with van der Waals surface area (Å²) in [5.41, 5.74) is 5.50. The lowest BCUT2D eigenvalue weighted by atomic mass is 10.1. The lowest BCUT2D eigenvalue weighted by Crippen LogP contribution is -2.40. The van der Waals surface area contributed by atoms with Crippen molar-refractivity contribution in [2.45, 2.75) is 4.90 Å². The van der Waals surface area contributed by atoms with E-state index >= 15 is 0 Å². The molecule has 2 heterocycles. The van der Waals surface area contributed by atoms with E-state index in [4.69, 9.17) is 14.6 Å². The van der Waals surface area contributed by atoms with Crippen molar-refractivity contribution >= 4 is 27.6 Å². The molecular formula is C27H26N6O6S. The van der Waals surface area contributed by atoms with Gasteiger partial charge in [0, 0.05) is 42.5 Å². The van der Waals surface area contributed by atoms with Gasteiger partial charge in [0.05, 0.1) is 42.8 Å². The van der Waals surface area contributed by atoms with Crippen LogP contribution in [-0.2, 0) is 14.8 Å². The van der Waals surface area contributed by atoms with Gasteiger partial charge in [0.25, 0.3) is 5.69 Å². The van der Waals surface area contributed by atoms with Crippen molar-refractivity contribution in [2.24, 2.45) is 5.10 Å². The SMILES string of the molecule is COc1ccc(-c2nn(-c3ccccc3)cc2C=NNc2ccc([N+](=O)[O-])cc2S(=O)(=O)N2CCOCC2)cc1. The number of morpholine rings is 1. The molecule has 13 heteroatoms. The second-order valence-corrected chi connectivity index (χ2v) is 10.7. The van der Waals surface area contributed by atoms with Crippen molar-refractivity contribution in [3.8, 4) is 22.7 Å². The molecule has 1 aromatic heterocycles. The summed E-state index contributed by atoms with van der Waals surface area (Å²) < 4.78 is 40.3. The molecule has 206 valence electrons. The number of hydrazone groups is 1. The Balaban J connectivity index is 1.50. The first-order chi connectivity index (χ1) is 19.4. The van der Waals surface area contributed by atoms with Crippen molar-refractivity contribution in [1.82, 2.24) is 14.1 Å². The highest BCUT2D eigenvalue weighted by atomic mass is 32.2. The van der Waals surface area contributed by atoms with Crippen LogP contribution >= 0.6 is 0 Å². The molecule has 3 aromatic carbocycles. The first kappa shape index (κ1) is 27.0. The maximum absolute atomic E-state index is 13.4.